The molecule has 1 atom stereocenters. The molecule has 0 saturated carbocycles. The summed E-state index contributed by atoms with van der Waals surface area (Å²) in [6.07, 6.45) is 0.305. The normalized spacial score (nSPS) is 12.0. The Balaban J connectivity index is 2.22. The van der Waals surface area contributed by atoms with Gasteiger partial charge in [-0.05, 0) is 26.8 Å². The second-order valence-electron chi connectivity index (χ2n) is 6.05. The van der Waals surface area contributed by atoms with E-state index in [2.05, 4.69) is 4.98 Å². The van der Waals surface area contributed by atoms with Crippen LogP contribution in [-0.2, 0) is 22.5 Å². The number of aromatic nitrogens is 1. The number of carbonyl (C=O) groups excluding carboxylic acids is 1. The van der Waals surface area contributed by atoms with Gasteiger partial charge in [-0.15, -0.1) is 11.3 Å². The van der Waals surface area contributed by atoms with Crippen molar-refractivity contribution in [1.82, 2.24) is 9.88 Å². The predicted octanol–water partition coefficient (Wildman–Crippen LogP) is 3.37. The maximum absolute atomic E-state index is 13.0. The molecule has 5 nitrogen and oxygen atoms in total. The summed E-state index contributed by atoms with van der Waals surface area (Å²) in [5, 5.41) is 0.988. The summed E-state index contributed by atoms with van der Waals surface area (Å²) in [6.45, 7) is 6.93. The predicted molar refractivity (Wildman–Crippen MR) is 100 cm³/mol. The van der Waals surface area contributed by atoms with E-state index in [1.807, 2.05) is 49.9 Å². The molecule has 0 spiro atoms. The van der Waals surface area contributed by atoms with Crippen molar-refractivity contribution in [3.05, 3.63) is 45.4 Å². The minimum Gasteiger partial charge on any atom is -0.496 e. The van der Waals surface area contributed by atoms with Crippen LogP contribution >= 0.6 is 11.3 Å². The lowest BCUT2D eigenvalue weighted by Crippen LogP contribution is -2.41. The number of benzene rings is 1. The van der Waals surface area contributed by atoms with Crippen LogP contribution in [-0.4, -0.2) is 42.7 Å². The van der Waals surface area contributed by atoms with Crippen LogP contribution in [0.4, 0.5) is 0 Å². The molecule has 1 amide bonds. The number of hydrogen-bond donors (Lipinski definition) is 0. The smallest absolute Gasteiger partial charge is 0.229 e. The van der Waals surface area contributed by atoms with Crippen molar-refractivity contribution < 1.29 is 14.3 Å². The maximum atomic E-state index is 13.0. The fourth-order valence-corrected chi connectivity index (χ4v) is 3.65. The van der Waals surface area contributed by atoms with Gasteiger partial charge in [-0.2, -0.15) is 0 Å². The van der Waals surface area contributed by atoms with Gasteiger partial charge >= 0.3 is 0 Å². The molecule has 1 aromatic carbocycles. The van der Waals surface area contributed by atoms with Gasteiger partial charge in [0.2, 0.25) is 5.91 Å². The molecule has 0 aliphatic rings. The van der Waals surface area contributed by atoms with Crippen molar-refractivity contribution in [2.45, 2.75) is 39.8 Å². The van der Waals surface area contributed by atoms with E-state index in [1.165, 1.54) is 0 Å². The number of para-hydroxylation sites is 1. The van der Waals surface area contributed by atoms with Gasteiger partial charge in [-0.25, -0.2) is 4.98 Å². The van der Waals surface area contributed by atoms with Crippen LogP contribution in [0.5, 0.6) is 5.75 Å². The van der Waals surface area contributed by atoms with Gasteiger partial charge in [0.05, 0.1) is 36.9 Å². The first-order valence-electron chi connectivity index (χ1n) is 8.29. The highest BCUT2D eigenvalue weighted by Crippen LogP contribution is 2.22. The number of nitrogens with zero attached hydrogens (tertiary/aromatic N) is 2. The van der Waals surface area contributed by atoms with Crippen molar-refractivity contribution in [1.29, 1.82) is 0 Å². The molecule has 6 heteroatoms. The van der Waals surface area contributed by atoms with E-state index in [1.54, 1.807) is 25.6 Å². The van der Waals surface area contributed by atoms with Crippen molar-refractivity contribution in [3.8, 4) is 5.75 Å². The van der Waals surface area contributed by atoms with Crippen LogP contribution < -0.4 is 4.74 Å². The summed E-state index contributed by atoms with van der Waals surface area (Å²) in [7, 11) is 3.29. The minimum absolute atomic E-state index is 0.0394. The van der Waals surface area contributed by atoms with E-state index >= 15 is 0 Å². The number of ether oxygens (including phenoxy) is 2. The maximum Gasteiger partial charge on any atom is 0.229 e. The van der Waals surface area contributed by atoms with Crippen molar-refractivity contribution >= 4 is 17.2 Å². The molecule has 2 rings (SSSR count). The lowest BCUT2D eigenvalue weighted by Gasteiger charge is -2.29. The molecule has 0 unspecified atom stereocenters. The molecule has 25 heavy (non-hydrogen) atoms. The van der Waals surface area contributed by atoms with Gasteiger partial charge in [-0.3, -0.25) is 4.79 Å². The van der Waals surface area contributed by atoms with Crippen LogP contribution in [0.2, 0.25) is 0 Å². The highest BCUT2D eigenvalue weighted by atomic mass is 32.1. The second-order valence-corrected chi connectivity index (χ2v) is 7.46. The van der Waals surface area contributed by atoms with E-state index in [0.717, 1.165) is 26.9 Å². The van der Waals surface area contributed by atoms with Gasteiger partial charge in [0.25, 0.3) is 0 Å². The highest BCUT2D eigenvalue weighted by molar-refractivity contribution is 7.11. The average Bonchev–Trinajstić information content (AvgIpc) is 2.90. The fourth-order valence-electron chi connectivity index (χ4n) is 2.82. The molecule has 0 saturated heterocycles. The average molecular weight is 362 g/mol. The number of thiazole rings is 1. The topological polar surface area (TPSA) is 51.7 Å². The lowest BCUT2D eigenvalue weighted by molar-refractivity contribution is -0.134. The van der Waals surface area contributed by atoms with Crippen molar-refractivity contribution in [2.24, 2.45) is 0 Å². The molecule has 0 radical (unpaired) electrons. The van der Waals surface area contributed by atoms with Gasteiger partial charge in [-0.1, -0.05) is 18.2 Å². The first-order valence-corrected chi connectivity index (χ1v) is 9.11. The Bertz CT molecular complexity index is 714. The SMILES string of the molecule is COC[C@H](C)N(Cc1ccccc1OC)C(=O)Cc1nc(C)sc1C. The quantitative estimate of drug-likeness (QED) is 0.722. The lowest BCUT2D eigenvalue weighted by atomic mass is 10.1. The van der Waals surface area contributed by atoms with Crippen LogP contribution in [0.1, 0.15) is 28.1 Å². The summed E-state index contributed by atoms with van der Waals surface area (Å²) < 4.78 is 10.7. The molecule has 136 valence electrons. The summed E-state index contributed by atoms with van der Waals surface area (Å²) in [5.74, 6) is 0.828. The van der Waals surface area contributed by atoms with Crippen LogP contribution in [0.15, 0.2) is 24.3 Å². The number of aryl methyl sites for hydroxylation is 2. The second kappa shape index (κ2) is 8.97. The summed E-state index contributed by atoms with van der Waals surface area (Å²) in [6, 6.07) is 7.73. The van der Waals surface area contributed by atoms with Crippen LogP contribution in [0.3, 0.4) is 0 Å². The van der Waals surface area contributed by atoms with E-state index in [4.69, 9.17) is 9.47 Å². The van der Waals surface area contributed by atoms with Crippen molar-refractivity contribution in [2.75, 3.05) is 20.8 Å². The first-order chi connectivity index (χ1) is 12.0. The third-order valence-corrected chi connectivity index (χ3v) is 5.04. The zero-order valence-corrected chi connectivity index (χ0v) is 16.4. The molecule has 1 heterocycles. The number of methoxy groups -OCH3 is 2. The molecule has 0 bridgehead atoms. The largest absolute Gasteiger partial charge is 0.496 e. The molecule has 1 aromatic heterocycles. The zero-order valence-electron chi connectivity index (χ0n) is 15.5. The Labute approximate surface area is 153 Å². The summed E-state index contributed by atoms with van der Waals surface area (Å²) >= 11 is 1.63. The Hall–Kier alpha value is -1.92. The van der Waals surface area contributed by atoms with E-state index in [9.17, 15) is 4.79 Å². The third-order valence-electron chi connectivity index (χ3n) is 4.11. The molecule has 0 N–H and O–H groups in total. The third kappa shape index (κ3) is 5.03. The van der Waals surface area contributed by atoms with Gasteiger partial charge in [0.1, 0.15) is 5.75 Å². The van der Waals surface area contributed by atoms with E-state index in [-0.39, 0.29) is 11.9 Å². The molecule has 0 fully saturated rings. The van der Waals surface area contributed by atoms with Gasteiger partial charge in [0, 0.05) is 24.1 Å². The standard InChI is InChI=1S/C19H26N2O3S/c1-13(12-23-4)21(11-16-8-6-7-9-18(16)24-5)19(22)10-17-14(2)25-15(3)20-17/h6-9,13H,10-12H2,1-5H3/t13-/m0/s1. The zero-order chi connectivity index (χ0) is 18.4. The number of hydrogen-bond acceptors (Lipinski definition) is 5. The van der Waals surface area contributed by atoms with Crippen molar-refractivity contribution in [3.63, 3.8) is 0 Å². The molecular formula is C19H26N2O3S. The van der Waals surface area contributed by atoms with Gasteiger partial charge in [0.15, 0.2) is 0 Å². The molecule has 0 aliphatic carbocycles. The van der Waals surface area contributed by atoms with E-state index in [0.29, 0.717) is 19.6 Å². The Morgan fingerprint density at radius 1 is 1.28 bits per heavy atom. The van der Waals surface area contributed by atoms with E-state index < -0.39 is 0 Å². The van der Waals surface area contributed by atoms with Gasteiger partial charge < -0.3 is 14.4 Å². The fraction of sp³-hybridized carbons (Fsp3) is 0.474. The van der Waals surface area contributed by atoms with Crippen LogP contribution in [0, 0.1) is 13.8 Å². The monoisotopic (exact) mass is 362 g/mol. The Morgan fingerprint density at radius 2 is 2.00 bits per heavy atom. The Kier molecular flexibility index (Phi) is 6.96. The molecule has 2 aromatic rings. The summed E-state index contributed by atoms with van der Waals surface area (Å²) in [5.41, 5.74) is 1.84. The first kappa shape index (κ1) is 19.4. The summed E-state index contributed by atoms with van der Waals surface area (Å²) in [4.78, 5) is 20.4. The van der Waals surface area contributed by atoms with Crippen LogP contribution in [0.25, 0.3) is 0 Å². The highest BCUT2D eigenvalue weighted by Gasteiger charge is 2.23. The molecular weight excluding hydrogens is 336 g/mol. The molecule has 0 aliphatic heterocycles. The Morgan fingerprint density at radius 3 is 2.60 bits per heavy atom. The number of amides is 1. The minimum atomic E-state index is -0.0394. The number of rotatable bonds is 8. The number of carbonyl (C=O) groups is 1.